The Morgan fingerprint density at radius 2 is 1.86 bits per heavy atom. The highest BCUT2D eigenvalue weighted by Crippen LogP contribution is 2.14. The van der Waals surface area contributed by atoms with Crippen molar-refractivity contribution in [2.75, 3.05) is 0 Å². The van der Waals surface area contributed by atoms with Crippen molar-refractivity contribution in [2.45, 2.75) is 46.6 Å². The maximum Gasteiger partial charge on any atom is 0.119 e. The quantitative estimate of drug-likeness (QED) is 0.481. The molecule has 0 aliphatic rings. The summed E-state index contributed by atoms with van der Waals surface area (Å²) in [5.74, 6) is 0.824. The summed E-state index contributed by atoms with van der Waals surface area (Å²) in [6, 6.07) is 0. The minimum absolute atomic E-state index is 0.159. The molecule has 0 aromatic carbocycles. The van der Waals surface area contributed by atoms with Crippen LogP contribution in [0.4, 0.5) is 0 Å². The molecule has 14 heavy (non-hydrogen) atoms. The molecule has 0 aliphatic heterocycles. The molecular weight excluding hydrogens is 172 g/mol. The molecule has 0 amide bonds. The first-order chi connectivity index (χ1) is 6.39. The van der Waals surface area contributed by atoms with Crippen molar-refractivity contribution in [2.24, 2.45) is 0 Å². The van der Waals surface area contributed by atoms with Crippen LogP contribution in [0.25, 0.3) is 0 Å². The summed E-state index contributed by atoms with van der Waals surface area (Å²) < 4.78 is 5.68. The zero-order valence-electron chi connectivity index (χ0n) is 10.1. The van der Waals surface area contributed by atoms with E-state index in [0.717, 1.165) is 12.2 Å². The van der Waals surface area contributed by atoms with E-state index in [9.17, 15) is 0 Å². The largest absolute Gasteiger partial charge is 0.488 e. The summed E-state index contributed by atoms with van der Waals surface area (Å²) in [5, 5.41) is 0. The molecule has 0 atom stereocenters. The van der Waals surface area contributed by atoms with Crippen LogP contribution in [0.2, 0.25) is 0 Å². The summed E-state index contributed by atoms with van der Waals surface area (Å²) in [6.07, 6.45) is 6.85. The fourth-order valence-corrected chi connectivity index (χ4v) is 0.840. The van der Waals surface area contributed by atoms with Gasteiger partial charge in [0.25, 0.3) is 0 Å². The number of rotatable bonds is 4. The van der Waals surface area contributed by atoms with Crippen LogP contribution in [0.5, 0.6) is 0 Å². The average Bonchev–Trinajstić information content (AvgIpc) is 2.09. The van der Waals surface area contributed by atoms with Gasteiger partial charge in [-0.15, -0.1) is 0 Å². The summed E-state index contributed by atoms with van der Waals surface area (Å²) in [4.78, 5) is 0. The lowest BCUT2D eigenvalue weighted by molar-refractivity contribution is 0.0601. The maximum atomic E-state index is 5.68. The summed E-state index contributed by atoms with van der Waals surface area (Å²) in [5.41, 5.74) is 1.18. The van der Waals surface area contributed by atoms with Crippen LogP contribution < -0.4 is 0 Å². The second-order valence-corrected chi connectivity index (χ2v) is 4.35. The molecule has 1 heteroatoms. The molecule has 0 saturated heterocycles. The first-order valence-electron chi connectivity index (χ1n) is 5.08. The SMILES string of the molecule is C=C/C(=C\C=C(/C)CC)OC(C)(C)C. The molecule has 0 bridgehead atoms. The molecule has 0 spiro atoms. The van der Waals surface area contributed by atoms with Crippen molar-refractivity contribution in [3.63, 3.8) is 0 Å². The molecule has 0 rings (SSSR count). The van der Waals surface area contributed by atoms with Gasteiger partial charge < -0.3 is 4.74 Å². The lowest BCUT2D eigenvalue weighted by Crippen LogP contribution is -2.17. The molecule has 0 N–H and O–H groups in total. The fourth-order valence-electron chi connectivity index (χ4n) is 0.840. The van der Waals surface area contributed by atoms with Gasteiger partial charge in [-0.3, -0.25) is 0 Å². The minimum atomic E-state index is -0.159. The van der Waals surface area contributed by atoms with Gasteiger partial charge in [0.1, 0.15) is 11.4 Å². The van der Waals surface area contributed by atoms with Crippen LogP contribution in [-0.2, 0) is 4.74 Å². The first-order valence-corrected chi connectivity index (χ1v) is 5.08. The van der Waals surface area contributed by atoms with Gasteiger partial charge in [-0.1, -0.05) is 25.2 Å². The number of hydrogen-bond donors (Lipinski definition) is 0. The van der Waals surface area contributed by atoms with E-state index < -0.39 is 0 Å². The lowest BCUT2D eigenvalue weighted by atomic mass is 10.2. The highest BCUT2D eigenvalue weighted by molar-refractivity contribution is 5.19. The van der Waals surface area contributed by atoms with Crippen LogP contribution in [-0.4, -0.2) is 5.60 Å². The van der Waals surface area contributed by atoms with E-state index in [-0.39, 0.29) is 5.60 Å². The predicted molar refractivity (Wildman–Crippen MR) is 63.2 cm³/mol. The molecule has 0 unspecified atom stereocenters. The highest BCUT2D eigenvalue weighted by atomic mass is 16.5. The second-order valence-electron chi connectivity index (χ2n) is 4.35. The van der Waals surface area contributed by atoms with Crippen molar-refractivity contribution >= 4 is 0 Å². The Morgan fingerprint density at radius 1 is 1.29 bits per heavy atom. The third kappa shape index (κ3) is 6.53. The lowest BCUT2D eigenvalue weighted by Gasteiger charge is -2.21. The van der Waals surface area contributed by atoms with Gasteiger partial charge in [0.2, 0.25) is 0 Å². The van der Waals surface area contributed by atoms with Crippen LogP contribution >= 0.6 is 0 Å². The zero-order chi connectivity index (χ0) is 11.2. The van der Waals surface area contributed by atoms with Crippen LogP contribution in [0.3, 0.4) is 0 Å². The predicted octanol–water partition coefficient (Wildman–Crippen LogP) is 4.23. The Balaban J connectivity index is 4.49. The van der Waals surface area contributed by atoms with Gasteiger partial charge in [-0.25, -0.2) is 0 Å². The van der Waals surface area contributed by atoms with Gasteiger partial charge in [0.15, 0.2) is 0 Å². The zero-order valence-corrected chi connectivity index (χ0v) is 10.1. The summed E-state index contributed by atoms with van der Waals surface area (Å²) in [6.45, 7) is 14.1. The normalized spacial score (nSPS) is 14.1. The molecule has 1 nitrogen and oxygen atoms in total. The molecule has 0 fully saturated rings. The van der Waals surface area contributed by atoms with Gasteiger partial charge in [0.05, 0.1) is 0 Å². The number of hydrogen-bond acceptors (Lipinski definition) is 1. The van der Waals surface area contributed by atoms with E-state index in [1.165, 1.54) is 5.57 Å². The van der Waals surface area contributed by atoms with Gasteiger partial charge in [-0.05, 0) is 46.3 Å². The Morgan fingerprint density at radius 3 is 2.21 bits per heavy atom. The Labute approximate surface area is 88.2 Å². The Bertz CT molecular complexity index is 238. The van der Waals surface area contributed by atoms with Crippen LogP contribution in [0.15, 0.2) is 36.1 Å². The van der Waals surface area contributed by atoms with E-state index in [1.807, 2.05) is 26.8 Å². The third-order valence-corrected chi connectivity index (χ3v) is 1.72. The monoisotopic (exact) mass is 194 g/mol. The van der Waals surface area contributed by atoms with E-state index in [2.05, 4.69) is 26.5 Å². The topological polar surface area (TPSA) is 9.23 Å². The number of ether oxygens (including phenoxy) is 1. The standard InChI is InChI=1S/C13H22O/c1-7-11(3)9-10-12(8-2)14-13(4,5)6/h8-10H,2,7H2,1,3-6H3/b11-9+,12-10+. The molecule has 0 aliphatic carbocycles. The van der Waals surface area contributed by atoms with E-state index in [1.54, 1.807) is 6.08 Å². The Kier molecular flexibility index (Phi) is 5.29. The van der Waals surface area contributed by atoms with Crippen molar-refractivity contribution in [3.05, 3.63) is 36.1 Å². The summed E-state index contributed by atoms with van der Waals surface area (Å²) in [7, 11) is 0. The summed E-state index contributed by atoms with van der Waals surface area (Å²) >= 11 is 0. The van der Waals surface area contributed by atoms with Gasteiger partial charge in [0, 0.05) is 0 Å². The van der Waals surface area contributed by atoms with Crippen molar-refractivity contribution < 1.29 is 4.74 Å². The minimum Gasteiger partial charge on any atom is -0.488 e. The molecule has 80 valence electrons. The average molecular weight is 194 g/mol. The third-order valence-electron chi connectivity index (χ3n) is 1.72. The van der Waals surface area contributed by atoms with Gasteiger partial charge >= 0.3 is 0 Å². The van der Waals surface area contributed by atoms with Gasteiger partial charge in [-0.2, -0.15) is 0 Å². The van der Waals surface area contributed by atoms with Crippen LogP contribution in [0.1, 0.15) is 41.0 Å². The molecular formula is C13H22O. The van der Waals surface area contributed by atoms with Crippen molar-refractivity contribution in [1.82, 2.24) is 0 Å². The molecule has 0 aromatic heterocycles. The van der Waals surface area contributed by atoms with E-state index in [4.69, 9.17) is 4.74 Å². The first kappa shape index (κ1) is 13.0. The molecule has 0 heterocycles. The number of allylic oxidation sites excluding steroid dienone is 4. The molecule has 0 aromatic rings. The van der Waals surface area contributed by atoms with E-state index in [0.29, 0.717) is 0 Å². The molecule has 0 saturated carbocycles. The second kappa shape index (κ2) is 5.69. The Hall–Kier alpha value is -0.980. The fraction of sp³-hybridized carbons (Fsp3) is 0.538. The van der Waals surface area contributed by atoms with E-state index >= 15 is 0 Å². The molecule has 0 radical (unpaired) electrons. The maximum absolute atomic E-state index is 5.68. The van der Waals surface area contributed by atoms with Crippen LogP contribution in [0, 0.1) is 0 Å². The highest BCUT2D eigenvalue weighted by Gasteiger charge is 2.10. The smallest absolute Gasteiger partial charge is 0.119 e. The van der Waals surface area contributed by atoms with Crippen molar-refractivity contribution in [1.29, 1.82) is 0 Å². The van der Waals surface area contributed by atoms with Crippen molar-refractivity contribution in [3.8, 4) is 0 Å².